The van der Waals surface area contributed by atoms with E-state index in [2.05, 4.69) is 0 Å². The normalized spacial score (nSPS) is 20.4. The Morgan fingerprint density at radius 2 is 1.54 bits per heavy atom. The third-order valence-electron chi connectivity index (χ3n) is 5.55. The van der Waals surface area contributed by atoms with Gasteiger partial charge < -0.3 is 14.7 Å². The average Bonchev–Trinajstić information content (AvgIpc) is 2.73. The van der Waals surface area contributed by atoms with Crippen LogP contribution < -0.4 is 0 Å². The van der Waals surface area contributed by atoms with Crippen molar-refractivity contribution >= 4 is 29.3 Å². The fourth-order valence-corrected chi connectivity index (χ4v) is 4.03. The molecular formula is C21H28ClN3O3. The number of amides is 3. The molecule has 2 aliphatic rings. The molecule has 0 spiro atoms. The smallest absolute Gasteiger partial charge is 0.253 e. The van der Waals surface area contributed by atoms with Gasteiger partial charge in [-0.15, -0.1) is 0 Å². The van der Waals surface area contributed by atoms with Crippen LogP contribution in [0.4, 0.5) is 0 Å². The number of piperazine rings is 1. The summed E-state index contributed by atoms with van der Waals surface area (Å²) in [5, 5.41) is 0.601. The van der Waals surface area contributed by atoms with Gasteiger partial charge in [-0.3, -0.25) is 14.4 Å². The summed E-state index contributed by atoms with van der Waals surface area (Å²) in [6.07, 6.45) is 1.69. The molecule has 1 atom stereocenters. The quantitative estimate of drug-likeness (QED) is 0.776. The van der Waals surface area contributed by atoms with Crippen LogP contribution in [0.25, 0.3) is 0 Å². The Balaban J connectivity index is 1.54. The molecule has 28 heavy (non-hydrogen) atoms. The van der Waals surface area contributed by atoms with Crippen molar-refractivity contribution in [2.24, 2.45) is 11.8 Å². The standard InChI is InChI=1S/C21H28ClN3O3/c1-15(2)19(26)25-9-3-4-17(14-25)21(28)24-12-10-23(11-13-24)20(27)16-5-7-18(22)8-6-16/h5-8,15,17H,3-4,9-14H2,1-2H3. The SMILES string of the molecule is CC(C)C(=O)N1CCCC(C(=O)N2CCN(C(=O)c3ccc(Cl)cc3)CC2)C1. The number of hydrogen-bond donors (Lipinski definition) is 0. The molecule has 0 bridgehead atoms. The Kier molecular flexibility index (Phi) is 6.60. The lowest BCUT2D eigenvalue weighted by Gasteiger charge is -2.39. The Morgan fingerprint density at radius 3 is 2.14 bits per heavy atom. The number of likely N-dealkylation sites (tertiary alicyclic amines) is 1. The number of carbonyl (C=O) groups is 3. The second-order valence-electron chi connectivity index (χ2n) is 7.90. The maximum absolute atomic E-state index is 12.9. The number of nitrogens with zero attached hydrogens (tertiary/aromatic N) is 3. The van der Waals surface area contributed by atoms with Gasteiger partial charge in [0.05, 0.1) is 5.92 Å². The first kappa shape index (κ1) is 20.6. The van der Waals surface area contributed by atoms with E-state index in [1.165, 1.54) is 0 Å². The summed E-state index contributed by atoms with van der Waals surface area (Å²) in [5.41, 5.74) is 0.610. The molecule has 3 amide bonds. The van der Waals surface area contributed by atoms with Crippen LogP contribution in [0, 0.1) is 11.8 Å². The summed E-state index contributed by atoms with van der Waals surface area (Å²) in [6.45, 7) is 7.15. The minimum absolute atomic E-state index is 0.0323. The summed E-state index contributed by atoms with van der Waals surface area (Å²) < 4.78 is 0. The molecule has 0 aromatic heterocycles. The number of halogens is 1. The molecule has 2 fully saturated rings. The van der Waals surface area contributed by atoms with Crippen LogP contribution in [-0.2, 0) is 9.59 Å². The molecule has 0 N–H and O–H groups in total. The third-order valence-corrected chi connectivity index (χ3v) is 5.80. The van der Waals surface area contributed by atoms with Crippen molar-refractivity contribution in [1.82, 2.24) is 14.7 Å². The molecule has 3 rings (SSSR count). The largest absolute Gasteiger partial charge is 0.342 e. The summed E-state index contributed by atoms with van der Waals surface area (Å²) in [5.74, 6) is 0.0251. The number of benzene rings is 1. The topological polar surface area (TPSA) is 60.9 Å². The number of hydrogen-bond acceptors (Lipinski definition) is 3. The zero-order valence-corrected chi connectivity index (χ0v) is 17.3. The Labute approximate surface area is 171 Å². The van der Waals surface area contributed by atoms with E-state index >= 15 is 0 Å². The van der Waals surface area contributed by atoms with E-state index in [9.17, 15) is 14.4 Å². The van der Waals surface area contributed by atoms with Crippen LogP contribution in [-0.4, -0.2) is 71.7 Å². The molecule has 6 nitrogen and oxygen atoms in total. The van der Waals surface area contributed by atoms with Gasteiger partial charge in [-0.05, 0) is 37.1 Å². The molecule has 0 radical (unpaired) electrons. The Bertz CT molecular complexity index is 727. The molecule has 2 saturated heterocycles. The van der Waals surface area contributed by atoms with Crippen LogP contribution in [0.3, 0.4) is 0 Å². The number of piperidine rings is 1. The first-order valence-corrected chi connectivity index (χ1v) is 10.4. The van der Waals surface area contributed by atoms with E-state index < -0.39 is 0 Å². The lowest BCUT2D eigenvalue weighted by Crippen LogP contribution is -2.54. The predicted molar refractivity (Wildman–Crippen MR) is 108 cm³/mol. The third kappa shape index (κ3) is 4.66. The van der Waals surface area contributed by atoms with Crippen LogP contribution in [0.2, 0.25) is 5.02 Å². The summed E-state index contributed by atoms with van der Waals surface area (Å²) >= 11 is 5.88. The average molecular weight is 406 g/mol. The molecule has 0 saturated carbocycles. The highest BCUT2D eigenvalue weighted by molar-refractivity contribution is 6.30. The molecule has 1 unspecified atom stereocenters. The summed E-state index contributed by atoms with van der Waals surface area (Å²) in [7, 11) is 0. The van der Waals surface area contributed by atoms with Crippen LogP contribution in [0.15, 0.2) is 24.3 Å². The van der Waals surface area contributed by atoms with Gasteiger partial charge in [-0.2, -0.15) is 0 Å². The van der Waals surface area contributed by atoms with Gasteiger partial charge in [-0.25, -0.2) is 0 Å². The summed E-state index contributed by atoms with van der Waals surface area (Å²) in [4.78, 5) is 43.3. The zero-order chi connectivity index (χ0) is 20.3. The van der Waals surface area contributed by atoms with Crippen molar-refractivity contribution in [3.63, 3.8) is 0 Å². The first-order valence-electron chi connectivity index (χ1n) is 9.99. The van der Waals surface area contributed by atoms with E-state index in [1.54, 1.807) is 29.2 Å². The lowest BCUT2D eigenvalue weighted by atomic mass is 9.95. The fourth-order valence-electron chi connectivity index (χ4n) is 3.91. The number of rotatable bonds is 3. The molecule has 2 heterocycles. The van der Waals surface area contributed by atoms with E-state index in [0.29, 0.717) is 43.3 Å². The minimum atomic E-state index is -0.130. The van der Waals surface area contributed by atoms with E-state index in [-0.39, 0.29) is 29.6 Å². The van der Waals surface area contributed by atoms with Gasteiger partial charge >= 0.3 is 0 Å². The highest BCUT2D eigenvalue weighted by Gasteiger charge is 2.33. The molecule has 152 valence electrons. The minimum Gasteiger partial charge on any atom is -0.342 e. The van der Waals surface area contributed by atoms with Gasteiger partial charge in [0.15, 0.2) is 0 Å². The van der Waals surface area contributed by atoms with E-state index in [4.69, 9.17) is 11.6 Å². The van der Waals surface area contributed by atoms with Crippen molar-refractivity contribution in [2.75, 3.05) is 39.3 Å². The van der Waals surface area contributed by atoms with Crippen LogP contribution >= 0.6 is 11.6 Å². The summed E-state index contributed by atoms with van der Waals surface area (Å²) in [6, 6.07) is 6.87. The highest BCUT2D eigenvalue weighted by Crippen LogP contribution is 2.21. The van der Waals surface area contributed by atoms with Gasteiger partial charge in [0.1, 0.15) is 0 Å². The van der Waals surface area contributed by atoms with Crippen LogP contribution in [0.1, 0.15) is 37.0 Å². The number of carbonyl (C=O) groups excluding carboxylic acids is 3. The maximum atomic E-state index is 12.9. The van der Waals surface area contributed by atoms with Crippen LogP contribution in [0.5, 0.6) is 0 Å². The van der Waals surface area contributed by atoms with Gasteiger partial charge in [0, 0.05) is 55.8 Å². The van der Waals surface area contributed by atoms with Crippen molar-refractivity contribution in [2.45, 2.75) is 26.7 Å². The molecular weight excluding hydrogens is 378 g/mol. The Morgan fingerprint density at radius 1 is 0.929 bits per heavy atom. The Hall–Kier alpha value is -2.08. The van der Waals surface area contributed by atoms with E-state index in [0.717, 1.165) is 19.4 Å². The van der Waals surface area contributed by atoms with Gasteiger partial charge in [0.25, 0.3) is 5.91 Å². The highest BCUT2D eigenvalue weighted by atomic mass is 35.5. The predicted octanol–water partition coefficient (Wildman–Crippen LogP) is 2.52. The maximum Gasteiger partial charge on any atom is 0.253 e. The zero-order valence-electron chi connectivity index (χ0n) is 16.6. The fraction of sp³-hybridized carbons (Fsp3) is 0.571. The molecule has 1 aromatic rings. The monoisotopic (exact) mass is 405 g/mol. The first-order chi connectivity index (χ1) is 13.4. The van der Waals surface area contributed by atoms with Gasteiger partial charge in [0.2, 0.25) is 11.8 Å². The van der Waals surface area contributed by atoms with Crippen molar-refractivity contribution < 1.29 is 14.4 Å². The molecule has 2 aliphatic heterocycles. The molecule has 1 aromatic carbocycles. The second kappa shape index (κ2) is 8.95. The van der Waals surface area contributed by atoms with Crippen molar-refractivity contribution in [3.8, 4) is 0 Å². The van der Waals surface area contributed by atoms with E-state index in [1.807, 2.05) is 23.6 Å². The molecule has 7 heteroatoms. The molecule has 0 aliphatic carbocycles. The second-order valence-corrected chi connectivity index (χ2v) is 8.34. The van der Waals surface area contributed by atoms with Crippen molar-refractivity contribution in [3.05, 3.63) is 34.9 Å². The van der Waals surface area contributed by atoms with Gasteiger partial charge in [-0.1, -0.05) is 25.4 Å². The lowest BCUT2D eigenvalue weighted by molar-refractivity contribution is -0.143. The van der Waals surface area contributed by atoms with Crippen molar-refractivity contribution in [1.29, 1.82) is 0 Å².